The number of carbonyl (C=O) groups is 1. The van der Waals surface area contributed by atoms with Gasteiger partial charge in [-0.3, -0.25) is 9.78 Å². The standard InChI is InChI=1S/C23H23N3O3/c1-28-19-7-8-22(29-2)20(14-19)25-23(27)21-13-18(9-11-24-21)26-12-10-16-5-3-4-6-17(16)15-26/h3-9,11,13-14H,10,12,15H2,1-2H3,(H,25,27). The Bertz CT molecular complexity index is 1040. The number of benzene rings is 2. The molecule has 1 amide bonds. The number of nitrogens with zero attached hydrogens (tertiary/aromatic N) is 2. The molecule has 0 spiro atoms. The fraction of sp³-hybridized carbons (Fsp3) is 0.217. The van der Waals surface area contributed by atoms with Crippen LogP contribution >= 0.6 is 0 Å². The molecule has 1 aromatic heterocycles. The number of rotatable bonds is 5. The fourth-order valence-electron chi connectivity index (χ4n) is 3.55. The van der Waals surface area contributed by atoms with E-state index in [0.717, 1.165) is 25.2 Å². The van der Waals surface area contributed by atoms with Crippen LogP contribution in [0.5, 0.6) is 11.5 Å². The average Bonchev–Trinajstić information content (AvgIpc) is 2.78. The Morgan fingerprint density at radius 1 is 1.03 bits per heavy atom. The summed E-state index contributed by atoms with van der Waals surface area (Å²) < 4.78 is 10.6. The maximum absolute atomic E-state index is 12.8. The molecular formula is C23H23N3O3. The van der Waals surface area contributed by atoms with Gasteiger partial charge in [-0.25, -0.2) is 0 Å². The van der Waals surface area contributed by atoms with Crippen LogP contribution in [0.3, 0.4) is 0 Å². The zero-order valence-corrected chi connectivity index (χ0v) is 16.5. The molecule has 6 nitrogen and oxygen atoms in total. The van der Waals surface area contributed by atoms with Crippen LogP contribution in [0, 0.1) is 0 Å². The minimum atomic E-state index is -0.296. The maximum Gasteiger partial charge on any atom is 0.274 e. The van der Waals surface area contributed by atoms with Gasteiger partial charge in [-0.2, -0.15) is 0 Å². The van der Waals surface area contributed by atoms with Gasteiger partial charge in [0.2, 0.25) is 0 Å². The van der Waals surface area contributed by atoms with Gasteiger partial charge in [0.05, 0.1) is 19.9 Å². The normalized spacial score (nSPS) is 12.8. The molecule has 3 aromatic rings. The minimum absolute atomic E-state index is 0.296. The number of hydrogen-bond donors (Lipinski definition) is 1. The monoisotopic (exact) mass is 389 g/mol. The number of aromatic nitrogens is 1. The summed E-state index contributed by atoms with van der Waals surface area (Å²) in [4.78, 5) is 19.4. The zero-order chi connectivity index (χ0) is 20.2. The molecule has 2 heterocycles. The van der Waals surface area contributed by atoms with Crippen molar-refractivity contribution in [1.29, 1.82) is 0 Å². The first-order chi connectivity index (χ1) is 14.2. The van der Waals surface area contributed by atoms with Crippen molar-refractivity contribution < 1.29 is 14.3 Å². The molecule has 0 radical (unpaired) electrons. The molecule has 1 aliphatic rings. The minimum Gasteiger partial charge on any atom is -0.497 e. The van der Waals surface area contributed by atoms with Gasteiger partial charge in [-0.15, -0.1) is 0 Å². The highest BCUT2D eigenvalue weighted by atomic mass is 16.5. The third kappa shape index (κ3) is 4.01. The van der Waals surface area contributed by atoms with E-state index in [1.165, 1.54) is 11.1 Å². The van der Waals surface area contributed by atoms with Gasteiger partial charge in [0.15, 0.2) is 0 Å². The van der Waals surface area contributed by atoms with E-state index in [1.54, 1.807) is 38.6 Å². The van der Waals surface area contributed by atoms with Crippen LogP contribution in [0.15, 0.2) is 60.8 Å². The lowest BCUT2D eigenvalue weighted by Gasteiger charge is -2.30. The van der Waals surface area contributed by atoms with Crippen molar-refractivity contribution in [2.24, 2.45) is 0 Å². The van der Waals surface area contributed by atoms with Crippen molar-refractivity contribution in [3.63, 3.8) is 0 Å². The summed E-state index contributed by atoms with van der Waals surface area (Å²) in [6, 6.07) is 17.5. The number of anilines is 2. The van der Waals surface area contributed by atoms with Crippen molar-refractivity contribution >= 4 is 17.3 Å². The predicted molar refractivity (Wildman–Crippen MR) is 113 cm³/mol. The Morgan fingerprint density at radius 2 is 1.86 bits per heavy atom. The molecule has 1 aliphatic heterocycles. The Balaban J connectivity index is 1.54. The molecule has 6 heteroatoms. The smallest absolute Gasteiger partial charge is 0.274 e. The molecule has 0 unspecified atom stereocenters. The third-order valence-electron chi connectivity index (χ3n) is 5.13. The average molecular weight is 389 g/mol. The number of pyridine rings is 1. The van der Waals surface area contributed by atoms with E-state index in [-0.39, 0.29) is 5.91 Å². The van der Waals surface area contributed by atoms with Crippen molar-refractivity contribution in [2.45, 2.75) is 13.0 Å². The van der Waals surface area contributed by atoms with Crippen LogP contribution in [0.25, 0.3) is 0 Å². The van der Waals surface area contributed by atoms with Gasteiger partial charge in [-0.1, -0.05) is 24.3 Å². The Labute approximate surface area is 170 Å². The van der Waals surface area contributed by atoms with Crippen molar-refractivity contribution in [3.8, 4) is 11.5 Å². The zero-order valence-electron chi connectivity index (χ0n) is 16.5. The molecule has 148 valence electrons. The molecule has 2 aromatic carbocycles. The predicted octanol–water partition coefficient (Wildman–Crippen LogP) is 3.91. The highest BCUT2D eigenvalue weighted by molar-refractivity contribution is 6.04. The summed E-state index contributed by atoms with van der Waals surface area (Å²) in [5.41, 5.74) is 4.59. The van der Waals surface area contributed by atoms with Crippen LogP contribution < -0.4 is 19.7 Å². The van der Waals surface area contributed by atoms with E-state index in [1.807, 2.05) is 12.1 Å². The molecule has 0 bridgehead atoms. The first kappa shape index (κ1) is 18.8. The van der Waals surface area contributed by atoms with Crippen molar-refractivity contribution in [2.75, 3.05) is 31.0 Å². The van der Waals surface area contributed by atoms with Gasteiger partial charge < -0.3 is 19.7 Å². The first-order valence-corrected chi connectivity index (χ1v) is 9.49. The lowest BCUT2D eigenvalue weighted by molar-refractivity contribution is 0.102. The van der Waals surface area contributed by atoms with E-state index in [0.29, 0.717) is 22.9 Å². The van der Waals surface area contributed by atoms with E-state index in [9.17, 15) is 4.79 Å². The molecule has 0 saturated carbocycles. The molecular weight excluding hydrogens is 366 g/mol. The van der Waals surface area contributed by atoms with Crippen LogP contribution in [0.1, 0.15) is 21.6 Å². The van der Waals surface area contributed by atoms with Gasteiger partial charge in [-0.05, 0) is 41.8 Å². The van der Waals surface area contributed by atoms with Crippen molar-refractivity contribution in [3.05, 3.63) is 77.6 Å². The maximum atomic E-state index is 12.8. The van der Waals surface area contributed by atoms with Gasteiger partial charge >= 0.3 is 0 Å². The molecule has 4 rings (SSSR count). The summed E-state index contributed by atoms with van der Waals surface area (Å²) in [5.74, 6) is 0.897. The Kier molecular flexibility index (Phi) is 5.33. The van der Waals surface area contributed by atoms with Crippen LogP contribution in [-0.4, -0.2) is 31.7 Å². The second kappa shape index (κ2) is 8.22. The SMILES string of the molecule is COc1ccc(OC)c(NC(=O)c2cc(N3CCc4ccccc4C3)ccn2)c1. The molecule has 1 N–H and O–H groups in total. The molecule has 0 fully saturated rings. The topological polar surface area (TPSA) is 63.7 Å². The highest BCUT2D eigenvalue weighted by Crippen LogP contribution is 2.30. The third-order valence-corrected chi connectivity index (χ3v) is 5.13. The van der Waals surface area contributed by atoms with E-state index >= 15 is 0 Å². The number of ether oxygens (including phenoxy) is 2. The number of amides is 1. The highest BCUT2D eigenvalue weighted by Gasteiger charge is 2.18. The Morgan fingerprint density at radius 3 is 2.66 bits per heavy atom. The lowest BCUT2D eigenvalue weighted by atomic mass is 9.99. The van der Waals surface area contributed by atoms with Gasteiger partial charge in [0, 0.05) is 31.0 Å². The van der Waals surface area contributed by atoms with E-state index in [4.69, 9.17) is 9.47 Å². The number of methoxy groups -OCH3 is 2. The lowest BCUT2D eigenvalue weighted by Crippen LogP contribution is -2.30. The van der Waals surface area contributed by atoms with E-state index in [2.05, 4.69) is 39.5 Å². The number of nitrogens with one attached hydrogen (secondary N) is 1. The molecule has 0 saturated heterocycles. The van der Waals surface area contributed by atoms with E-state index < -0.39 is 0 Å². The van der Waals surface area contributed by atoms with Gasteiger partial charge in [0.1, 0.15) is 17.2 Å². The summed E-state index contributed by atoms with van der Waals surface area (Å²) in [5, 5.41) is 2.87. The summed E-state index contributed by atoms with van der Waals surface area (Å²) in [6.07, 6.45) is 2.66. The Hall–Kier alpha value is -3.54. The van der Waals surface area contributed by atoms with Crippen LogP contribution in [0.2, 0.25) is 0 Å². The number of carbonyl (C=O) groups excluding carboxylic acids is 1. The molecule has 29 heavy (non-hydrogen) atoms. The fourth-order valence-corrected chi connectivity index (χ4v) is 3.55. The second-order valence-corrected chi connectivity index (χ2v) is 6.86. The van der Waals surface area contributed by atoms with Gasteiger partial charge in [0.25, 0.3) is 5.91 Å². The molecule has 0 atom stereocenters. The summed E-state index contributed by atoms with van der Waals surface area (Å²) in [6.45, 7) is 1.73. The van der Waals surface area contributed by atoms with Crippen LogP contribution in [0.4, 0.5) is 11.4 Å². The summed E-state index contributed by atoms with van der Waals surface area (Å²) in [7, 11) is 3.14. The largest absolute Gasteiger partial charge is 0.497 e. The van der Waals surface area contributed by atoms with Crippen LogP contribution in [-0.2, 0) is 13.0 Å². The quantitative estimate of drug-likeness (QED) is 0.717. The second-order valence-electron chi connectivity index (χ2n) is 6.86. The number of fused-ring (bicyclic) bond motifs is 1. The molecule has 0 aliphatic carbocycles. The first-order valence-electron chi connectivity index (χ1n) is 9.49. The number of hydrogen-bond acceptors (Lipinski definition) is 5. The summed E-state index contributed by atoms with van der Waals surface area (Å²) >= 11 is 0. The van der Waals surface area contributed by atoms with Crippen molar-refractivity contribution in [1.82, 2.24) is 4.98 Å².